The van der Waals surface area contributed by atoms with Crippen molar-refractivity contribution in [3.63, 3.8) is 0 Å². The van der Waals surface area contributed by atoms with Crippen LogP contribution in [0.4, 0.5) is 0 Å². The molecule has 1 aromatic rings. The van der Waals surface area contributed by atoms with Crippen LogP contribution in [0.2, 0.25) is 0 Å². The second-order valence-corrected chi connectivity index (χ2v) is 6.38. The molecule has 0 saturated carbocycles. The van der Waals surface area contributed by atoms with E-state index in [1.165, 1.54) is 4.90 Å². The zero-order chi connectivity index (χ0) is 13.0. The number of piperazine rings is 1. The molecule has 0 aromatic heterocycles. The first-order chi connectivity index (χ1) is 8.66. The molecule has 2 rings (SSSR count). The van der Waals surface area contributed by atoms with Gasteiger partial charge < -0.3 is 10.2 Å². The fourth-order valence-electron chi connectivity index (χ4n) is 2.00. The van der Waals surface area contributed by atoms with E-state index in [0.717, 1.165) is 31.7 Å². The van der Waals surface area contributed by atoms with Crippen LogP contribution in [0.15, 0.2) is 29.2 Å². The summed E-state index contributed by atoms with van der Waals surface area (Å²) in [4.78, 5) is 15.4. The number of carbonyl (C=O) groups is 1. The molecule has 1 aliphatic heterocycles. The summed E-state index contributed by atoms with van der Waals surface area (Å²) in [6, 6.07) is 7.96. The van der Waals surface area contributed by atoms with Crippen molar-refractivity contribution in [2.45, 2.75) is 24.0 Å². The Morgan fingerprint density at radius 2 is 1.83 bits per heavy atom. The molecule has 0 unspecified atom stereocenters. The van der Waals surface area contributed by atoms with E-state index in [-0.39, 0.29) is 5.91 Å². The van der Waals surface area contributed by atoms with Crippen molar-refractivity contribution in [2.75, 3.05) is 26.2 Å². The molecule has 1 heterocycles. The van der Waals surface area contributed by atoms with Crippen LogP contribution in [0.5, 0.6) is 0 Å². The van der Waals surface area contributed by atoms with Gasteiger partial charge in [0.25, 0.3) is 5.91 Å². The SMILES string of the molecule is CC(C)Sc1ccc(C(=O)N2CCNCC2)cc1. The highest BCUT2D eigenvalue weighted by molar-refractivity contribution is 7.99. The number of rotatable bonds is 3. The Hall–Kier alpha value is -1.00. The maximum absolute atomic E-state index is 12.2. The molecule has 0 aliphatic carbocycles. The van der Waals surface area contributed by atoms with E-state index in [0.29, 0.717) is 5.25 Å². The first-order valence-corrected chi connectivity index (χ1v) is 7.31. The Labute approximate surface area is 113 Å². The molecule has 0 bridgehead atoms. The standard InChI is InChI=1S/C14H20N2OS/c1-11(2)18-13-5-3-12(4-6-13)14(17)16-9-7-15-8-10-16/h3-6,11,15H,7-10H2,1-2H3. The van der Waals surface area contributed by atoms with Crippen LogP contribution in [-0.2, 0) is 0 Å². The Morgan fingerprint density at radius 1 is 1.22 bits per heavy atom. The first kappa shape index (κ1) is 13.4. The van der Waals surface area contributed by atoms with E-state index < -0.39 is 0 Å². The molecule has 98 valence electrons. The fourth-order valence-corrected chi connectivity index (χ4v) is 2.84. The van der Waals surface area contributed by atoms with Crippen LogP contribution < -0.4 is 5.32 Å². The lowest BCUT2D eigenvalue weighted by Gasteiger charge is -2.27. The molecule has 1 fully saturated rings. The van der Waals surface area contributed by atoms with Gasteiger partial charge in [-0.2, -0.15) is 0 Å². The second kappa shape index (κ2) is 6.25. The first-order valence-electron chi connectivity index (χ1n) is 6.43. The van der Waals surface area contributed by atoms with Gasteiger partial charge in [0.15, 0.2) is 0 Å². The lowest BCUT2D eigenvalue weighted by atomic mass is 10.2. The van der Waals surface area contributed by atoms with Crippen molar-refractivity contribution in [3.8, 4) is 0 Å². The van der Waals surface area contributed by atoms with E-state index in [9.17, 15) is 4.79 Å². The van der Waals surface area contributed by atoms with Gasteiger partial charge in [0.2, 0.25) is 0 Å². The number of benzene rings is 1. The van der Waals surface area contributed by atoms with Gasteiger partial charge in [-0.15, -0.1) is 11.8 Å². The largest absolute Gasteiger partial charge is 0.336 e. The molecule has 1 N–H and O–H groups in total. The van der Waals surface area contributed by atoms with Crippen molar-refractivity contribution in [2.24, 2.45) is 0 Å². The predicted molar refractivity (Wildman–Crippen MR) is 76.2 cm³/mol. The minimum absolute atomic E-state index is 0.151. The third-order valence-corrected chi connectivity index (χ3v) is 3.89. The van der Waals surface area contributed by atoms with Crippen LogP contribution in [0, 0.1) is 0 Å². The van der Waals surface area contributed by atoms with Crippen molar-refractivity contribution in [1.29, 1.82) is 0 Å². The van der Waals surface area contributed by atoms with Gasteiger partial charge in [-0.1, -0.05) is 13.8 Å². The number of amides is 1. The van der Waals surface area contributed by atoms with Crippen molar-refractivity contribution < 1.29 is 4.79 Å². The monoisotopic (exact) mass is 264 g/mol. The summed E-state index contributed by atoms with van der Waals surface area (Å²) >= 11 is 1.82. The molecular formula is C14H20N2OS. The van der Waals surface area contributed by atoms with Crippen LogP contribution in [0.25, 0.3) is 0 Å². The van der Waals surface area contributed by atoms with E-state index >= 15 is 0 Å². The van der Waals surface area contributed by atoms with E-state index in [2.05, 4.69) is 19.2 Å². The molecule has 0 radical (unpaired) electrons. The van der Waals surface area contributed by atoms with Gasteiger partial charge in [-0.3, -0.25) is 4.79 Å². The number of hydrogen-bond acceptors (Lipinski definition) is 3. The number of carbonyl (C=O) groups excluding carboxylic acids is 1. The highest BCUT2D eigenvalue weighted by Gasteiger charge is 2.17. The van der Waals surface area contributed by atoms with Gasteiger partial charge in [0.1, 0.15) is 0 Å². The third-order valence-electron chi connectivity index (χ3n) is 2.88. The highest BCUT2D eigenvalue weighted by Crippen LogP contribution is 2.23. The molecule has 0 atom stereocenters. The summed E-state index contributed by atoms with van der Waals surface area (Å²) in [5, 5.41) is 3.82. The smallest absolute Gasteiger partial charge is 0.253 e. The van der Waals surface area contributed by atoms with Gasteiger partial charge >= 0.3 is 0 Å². The lowest BCUT2D eigenvalue weighted by Crippen LogP contribution is -2.46. The van der Waals surface area contributed by atoms with Gasteiger partial charge in [0, 0.05) is 41.9 Å². The number of thioether (sulfide) groups is 1. The van der Waals surface area contributed by atoms with Gasteiger partial charge in [-0.25, -0.2) is 0 Å². The van der Waals surface area contributed by atoms with Crippen LogP contribution in [0.1, 0.15) is 24.2 Å². The summed E-state index contributed by atoms with van der Waals surface area (Å²) < 4.78 is 0. The zero-order valence-electron chi connectivity index (χ0n) is 11.0. The molecular weight excluding hydrogens is 244 g/mol. The summed E-state index contributed by atoms with van der Waals surface area (Å²) in [5.74, 6) is 0.151. The number of hydrogen-bond donors (Lipinski definition) is 1. The predicted octanol–water partition coefficient (Wildman–Crippen LogP) is 2.23. The number of nitrogens with one attached hydrogen (secondary N) is 1. The van der Waals surface area contributed by atoms with Crippen LogP contribution in [0.3, 0.4) is 0 Å². The maximum Gasteiger partial charge on any atom is 0.253 e. The van der Waals surface area contributed by atoms with Gasteiger partial charge in [0.05, 0.1) is 0 Å². The molecule has 0 spiro atoms. The van der Waals surface area contributed by atoms with Crippen LogP contribution >= 0.6 is 11.8 Å². The summed E-state index contributed by atoms with van der Waals surface area (Å²) in [7, 11) is 0. The van der Waals surface area contributed by atoms with E-state index in [1.807, 2.05) is 40.9 Å². The molecule has 4 heteroatoms. The average Bonchev–Trinajstić information content (AvgIpc) is 2.39. The van der Waals surface area contributed by atoms with Crippen molar-refractivity contribution in [3.05, 3.63) is 29.8 Å². The zero-order valence-corrected chi connectivity index (χ0v) is 11.8. The summed E-state index contributed by atoms with van der Waals surface area (Å²) in [6.07, 6.45) is 0. The van der Waals surface area contributed by atoms with E-state index in [1.54, 1.807) is 0 Å². The number of nitrogens with zero attached hydrogens (tertiary/aromatic N) is 1. The maximum atomic E-state index is 12.2. The Balaban J connectivity index is 2.02. The Kier molecular flexibility index (Phi) is 4.66. The lowest BCUT2D eigenvalue weighted by molar-refractivity contribution is 0.0736. The summed E-state index contributed by atoms with van der Waals surface area (Å²) in [6.45, 7) is 7.75. The molecule has 1 saturated heterocycles. The normalized spacial score (nSPS) is 16.1. The quantitative estimate of drug-likeness (QED) is 0.850. The van der Waals surface area contributed by atoms with Crippen molar-refractivity contribution in [1.82, 2.24) is 10.2 Å². The molecule has 3 nitrogen and oxygen atoms in total. The van der Waals surface area contributed by atoms with Crippen LogP contribution in [-0.4, -0.2) is 42.2 Å². The Morgan fingerprint density at radius 3 is 2.39 bits per heavy atom. The molecule has 1 aromatic carbocycles. The van der Waals surface area contributed by atoms with Crippen molar-refractivity contribution >= 4 is 17.7 Å². The topological polar surface area (TPSA) is 32.3 Å². The Bertz CT molecular complexity index is 397. The minimum Gasteiger partial charge on any atom is -0.336 e. The molecule has 18 heavy (non-hydrogen) atoms. The molecule has 1 aliphatic rings. The van der Waals surface area contributed by atoms with Gasteiger partial charge in [-0.05, 0) is 24.3 Å². The van der Waals surface area contributed by atoms with E-state index in [4.69, 9.17) is 0 Å². The second-order valence-electron chi connectivity index (χ2n) is 4.73. The third kappa shape index (κ3) is 3.50. The highest BCUT2D eigenvalue weighted by atomic mass is 32.2. The fraction of sp³-hybridized carbons (Fsp3) is 0.500. The minimum atomic E-state index is 0.151. The average molecular weight is 264 g/mol. The molecule has 1 amide bonds. The summed E-state index contributed by atoms with van der Waals surface area (Å²) in [5.41, 5.74) is 0.796.